The van der Waals surface area contributed by atoms with Crippen LogP contribution < -0.4 is 9.47 Å². The van der Waals surface area contributed by atoms with Crippen LogP contribution in [-0.2, 0) is 11.3 Å². The first-order chi connectivity index (χ1) is 6.31. The monoisotopic (exact) mass is 244 g/mol. The van der Waals surface area contributed by atoms with Gasteiger partial charge in [-0.1, -0.05) is 0 Å². The standard InChI is InChI=1S/C9H9BrO3/c1-11-9-2-6-4-12-5-13-8(6)3-7(9)10/h2-3H,4-5H2,1H3. The number of hydrogen-bond acceptors (Lipinski definition) is 3. The SMILES string of the molecule is COc1cc2c(cc1Br)OCOC2. The summed E-state index contributed by atoms with van der Waals surface area (Å²) in [5.41, 5.74) is 1.02. The summed E-state index contributed by atoms with van der Waals surface area (Å²) in [6.45, 7) is 0.907. The molecule has 0 N–H and O–H groups in total. The lowest BCUT2D eigenvalue weighted by Gasteiger charge is -2.18. The molecule has 0 atom stereocenters. The van der Waals surface area contributed by atoms with Crippen LogP contribution in [0.5, 0.6) is 11.5 Å². The molecule has 1 aromatic rings. The molecular formula is C9H9BrO3. The van der Waals surface area contributed by atoms with Crippen molar-refractivity contribution in [1.82, 2.24) is 0 Å². The van der Waals surface area contributed by atoms with Crippen molar-refractivity contribution in [3.05, 3.63) is 22.2 Å². The number of rotatable bonds is 1. The summed E-state index contributed by atoms with van der Waals surface area (Å²) in [6.07, 6.45) is 0. The molecule has 1 heterocycles. The molecule has 70 valence electrons. The molecule has 0 saturated carbocycles. The van der Waals surface area contributed by atoms with E-state index in [4.69, 9.17) is 14.2 Å². The minimum atomic E-state index is 0.325. The molecule has 2 rings (SSSR count). The Balaban J connectivity index is 2.44. The Bertz CT molecular complexity index is 325. The van der Waals surface area contributed by atoms with Gasteiger partial charge in [0.15, 0.2) is 6.79 Å². The topological polar surface area (TPSA) is 27.7 Å². The minimum Gasteiger partial charge on any atom is -0.496 e. The number of fused-ring (bicyclic) bond motifs is 1. The number of hydrogen-bond donors (Lipinski definition) is 0. The van der Waals surface area contributed by atoms with E-state index in [1.54, 1.807) is 7.11 Å². The predicted octanol–water partition coefficient (Wildman–Crippen LogP) is 2.32. The molecule has 13 heavy (non-hydrogen) atoms. The first-order valence-corrected chi connectivity index (χ1v) is 4.67. The Morgan fingerprint density at radius 3 is 3.08 bits per heavy atom. The molecule has 0 fully saturated rings. The van der Waals surface area contributed by atoms with E-state index in [1.807, 2.05) is 12.1 Å². The minimum absolute atomic E-state index is 0.325. The van der Waals surface area contributed by atoms with Gasteiger partial charge in [-0.15, -0.1) is 0 Å². The van der Waals surface area contributed by atoms with E-state index < -0.39 is 0 Å². The van der Waals surface area contributed by atoms with Crippen LogP contribution >= 0.6 is 15.9 Å². The molecule has 1 aromatic carbocycles. The van der Waals surface area contributed by atoms with Gasteiger partial charge in [0.25, 0.3) is 0 Å². The molecule has 0 aliphatic carbocycles. The lowest BCUT2D eigenvalue weighted by atomic mass is 10.2. The molecule has 0 spiro atoms. The highest BCUT2D eigenvalue weighted by molar-refractivity contribution is 9.10. The Labute approximate surface area is 84.7 Å². The average Bonchev–Trinajstić information content (AvgIpc) is 2.17. The van der Waals surface area contributed by atoms with Crippen LogP contribution in [0, 0.1) is 0 Å². The van der Waals surface area contributed by atoms with Crippen molar-refractivity contribution in [2.24, 2.45) is 0 Å². The number of halogens is 1. The molecule has 1 aliphatic rings. The first kappa shape index (κ1) is 8.84. The molecule has 0 radical (unpaired) electrons. The van der Waals surface area contributed by atoms with Crippen LogP contribution in [-0.4, -0.2) is 13.9 Å². The molecule has 0 bridgehead atoms. The Morgan fingerprint density at radius 1 is 1.46 bits per heavy atom. The summed E-state index contributed by atoms with van der Waals surface area (Å²) >= 11 is 3.39. The van der Waals surface area contributed by atoms with E-state index in [2.05, 4.69) is 15.9 Å². The second kappa shape index (κ2) is 3.55. The zero-order valence-electron chi connectivity index (χ0n) is 7.17. The summed E-state index contributed by atoms with van der Waals surface area (Å²) < 4.78 is 16.5. The highest BCUT2D eigenvalue weighted by atomic mass is 79.9. The van der Waals surface area contributed by atoms with Crippen LogP contribution in [0.25, 0.3) is 0 Å². The van der Waals surface area contributed by atoms with Crippen molar-refractivity contribution in [3.8, 4) is 11.5 Å². The van der Waals surface area contributed by atoms with Gasteiger partial charge in [0.05, 0.1) is 18.2 Å². The maximum absolute atomic E-state index is 5.30. The molecule has 4 heteroatoms. The van der Waals surface area contributed by atoms with Gasteiger partial charge < -0.3 is 14.2 Å². The van der Waals surface area contributed by atoms with Gasteiger partial charge in [0.2, 0.25) is 0 Å². The van der Waals surface area contributed by atoms with Crippen molar-refractivity contribution in [1.29, 1.82) is 0 Å². The highest BCUT2D eigenvalue weighted by Crippen LogP contribution is 2.34. The lowest BCUT2D eigenvalue weighted by molar-refractivity contribution is -0.0165. The maximum atomic E-state index is 5.30. The van der Waals surface area contributed by atoms with E-state index >= 15 is 0 Å². The van der Waals surface area contributed by atoms with Gasteiger partial charge in [-0.3, -0.25) is 0 Å². The summed E-state index contributed by atoms with van der Waals surface area (Å²) in [7, 11) is 1.64. The van der Waals surface area contributed by atoms with Gasteiger partial charge in [-0.05, 0) is 28.1 Å². The summed E-state index contributed by atoms with van der Waals surface area (Å²) in [4.78, 5) is 0. The fourth-order valence-electron chi connectivity index (χ4n) is 1.24. The fraction of sp³-hybridized carbons (Fsp3) is 0.333. The third-order valence-corrected chi connectivity index (χ3v) is 2.51. The highest BCUT2D eigenvalue weighted by Gasteiger charge is 2.13. The normalized spacial score (nSPS) is 14.6. The maximum Gasteiger partial charge on any atom is 0.189 e. The molecule has 1 aliphatic heterocycles. The Morgan fingerprint density at radius 2 is 2.31 bits per heavy atom. The fourth-order valence-corrected chi connectivity index (χ4v) is 1.72. The molecule has 0 aromatic heterocycles. The van der Waals surface area contributed by atoms with Crippen LogP contribution in [0.2, 0.25) is 0 Å². The summed E-state index contributed by atoms with van der Waals surface area (Å²) in [6, 6.07) is 3.81. The van der Waals surface area contributed by atoms with Gasteiger partial charge in [0, 0.05) is 5.56 Å². The molecule has 0 amide bonds. The van der Waals surface area contributed by atoms with E-state index in [-0.39, 0.29) is 0 Å². The second-order valence-corrected chi connectivity index (χ2v) is 3.56. The Hall–Kier alpha value is -0.740. The first-order valence-electron chi connectivity index (χ1n) is 3.88. The van der Waals surface area contributed by atoms with Crippen molar-refractivity contribution < 1.29 is 14.2 Å². The van der Waals surface area contributed by atoms with Crippen molar-refractivity contribution in [3.63, 3.8) is 0 Å². The molecular weight excluding hydrogens is 236 g/mol. The van der Waals surface area contributed by atoms with Gasteiger partial charge in [-0.25, -0.2) is 0 Å². The van der Waals surface area contributed by atoms with Crippen LogP contribution in [0.15, 0.2) is 16.6 Å². The molecule has 0 unspecified atom stereocenters. The van der Waals surface area contributed by atoms with E-state index in [1.165, 1.54) is 0 Å². The lowest BCUT2D eigenvalue weighted by Crippen LogP contribution is -2.11. The predicted molar refractivity (Wildman–Crippen MR) is 51.0 cm³/mol. The van der Waals surface area contributed by atoms with E-state index in [0.29, 0.717) is 13.4 Å². The zero-order valence-corrected chi connectivity index (χ0v) is 8.76. The number of ether oxygens (including phenoxy) is 3. The van der Waals surface area contributed by atoms with E-state index in [9.17, 15) is 0 Å². The third kappa shape index (κ3) is 1.64. The number of methoxy groups -OCH3 is 1. The van der Waals surface area contributed by atoms with Crippen molar-refractivity contribution >= 4 is 15.9 Å². The molecule has 0 saturated heterocycles. The number of benzene rings is 1. The van der Waals surface area contributed by atoms with Crippen LogP contribution in [0.4, 0.5) is 0 Å². The van der Waals surface area contributed by atoms with E-state index in [0.717, 1.165) is 21.5 Å². The largest absolute Gasteiger partial charge is 0.496 e. The third-order valence-electron chi connectivity index (χ3n) is 1.89. The van der Waals surface area contributed by atoms with Crippen LogP contribution in [0.1, 0.15) is 5.56 Å². The molecule has 3 nitrogen and oxygen atoms in total. The summed E-state index contributed by atoms with van der Waals surface area (Å²) in [5.74, 6) is 1.66. The van der Waals surface area contributed by atoms with Gasteiger partial charge in [-0.2, -0.15) is 0 Å². The van der Waals surface area contributed by atoms with Gasteiger partial charge in [0.1, 0.15) is 11.5 Å². The average molecular weight is 245 g/mol. The quantitative estimate of drug-likeness (QED) is 0.759. The summed E-state index contributed by atoms with van der Waals surface area (Å²) in [5, 5.41) is 0. The Kier molecular flexibility index (Phi) is 2.42. The van der Waals surface area contributed by atoms with Crippen molar-refractivity contribution in [2.45, 2.75) is 6.61 Å². The van der Waals surface area contributed by atoms with Crippen LogP contribution in [0.3, 0.4) is 0 Å². The van der Waals surface area contributed by atoms with Crippen molar-refractivity contribution in [2.75, 3.05) is 13.9 Å². The van der Waals surface area contributed by atoms with Gasteiger partial charge >= 0.3 is 0 Å². The second-order valence-electron chi connectivity index (χ2n) is 2.71. The zero-order chi connectivity index (χ0) is 9.26. The smallest absolute Gasteiger partial charge is 0.189 e.